The van der Waals surface area contributed by atoms with E-state index in [1.807, 2.05) is 13.0 Å². The molecule has 1 aromatic carbocycles. The number of likely N-dealkylation sites (N-methyl/N-ethyl adjacent to an activating group) is 2. The Morgan fingerprint density at radius 3 is 2.56 bits per heavy atom. The first-order valence-corrected chi connectivity index (χ1v) is 11.6. The SMILES string of the molecule is CNC1C2OC3(O)C(OC2[C@@H](O)[C@H](NC)[C@@H]1O)O[C@H](C)C[C@H]3NC(=O)Cc1cccc(OC)c1. The van der Waals surface area contributed by atoms with Crippen molar-refractivity contribution in [2.24, 2.45) is 0 Å². The van der Waals surface area contributed by atoms with Gasteiger partial charge < -0.3 is 50.2 Å². The number of amides is 1. The molecule has 34 heavy (non-hydrogen) atoms. The third-order valence-electron chi connectivity index (χ3n) is 6.99. The molecule has 3 aliphatic rings. The molecule has 2 aliphatic heterocycles. The highest BCUT2D eigenvalue weighted by atomic mass is 16.8. The zero-order valence-corrected chi connectivity index (χ0v) is 19.8. The first-order chi connectivity index (χ1) is 16.2. The minimum atomic E-state index is -2.02. The van der Waals surface area contributed by atoms with Crippen molar-refractivity contribution in [3.05, 3.63) is 29.8 Å². The lowest BCUT2D eigenvalue weighted by Crippen LogP contribution is -2.79. The molecule has 2 heterocycles. The van der Waals surface area contributed by atoms with Gasteiger partial charge in [0.1, 0.15) is 24.1 Å². The van der Waals surface area contributed by atoms with Crippen molar-refractivity contribution >= 4 is 5.91 Å². The summed E-state index contributed by atoms with van der Waals surface area (Å²) in [5, 5.41) is 42.0. The Morgan fingerprint density at radius 1 is 1.15 bits per heavy atom. The van der Waals surface area contributed by atoms with Crippen LogP contribution in [0, 0.1) is 0 Å². The smallest absolute Gasteiger partial charge is 0.239 e. The predicted octanol–water partition coefficient (Wildman–Crippen LogP) is -1.76. The van der Waals surface area contributed by atoms with Gasteiger partial charge in [-0.2, -0.15) is 0 Å². The zero-order chi connectivity index (χ0) is 24.6. The molecule has 0 radical (unpaired) electrons. The van der Waals surface area contributed by atoms with Crippen LogP contribution in [-0.2, 0) is 25.4 Å². The summed E-state index contributed by atoms with van der Waals surface area (Å²) in [6, 6.07) is 5.02. The number of ether oxygens (including phenoxy) is 4. The monoisotopic (exact) mass is 481 g/mol. The summed E-state index contributed by atoms with van der Waals surface area (Å²) in [5.74, 6) is -1.68. The molecule has 10 atom stereocenters. The van der Waals surface area contributed by atoms with Crippen molar-refractivity contribution in [1.29, 1.82) is 0 Å². The number of methoxy groups -OCH3 is 1. The Labute approximate surface area is 198 Å². The quantitative estimate of drug-likeness (QED) is 0.276. The summed E-state index contributed by atoms with van der Waals surface area (Å²) >= 11 is 0. The van der Waals surface area contributed by atoms with Crippen LogP contribution in [0.15, 0.2) is 24.3 Å². The Bertz CT molecular complexity index is 874. The van der Waals surface area contributed by atoms with Gasteiger partial charge >= 0.3 is 0 Å². The zero-order valence-electron chi connectivity index (χ0n) is 19.8. The highest BCUT2D eigenvalue weighted by Gasteiger charge is 2.63. The van der Waals surface area contributed by atoms with Crippen molar-refractivity contribution in [1.82, 2.24) is 16.0 Å². The average Bonchev–Trinajstić information content (AvgIpc) is 2.80. The number of fused-ring (bicyclic) bond motifs is 2. The number of rotatable bonds is 6. The third kappa shape index (κ3) is 4.54. The molecule has 0 spiro atoms. The molecule has 190 valence electrons. The van der Waals surface area contributed by atoms with Crippen LogP contribution in [0.2, 0.25) is 0 Å². The normalized spacial score (nSPS) is 41.8. The molecule has 2 saturated heterocycles. The van der Waals surface area contributed by atoms with Gasteiger partial charge in [0.25, 0.3) is 0 Å². The number of nitrogens with one attached hydrogen (secondary N) is 3. The van der Waals surface area contributed by atoms with Crippen molar-refractivity contribution in [2.45, 2.75) is 80.5 Å². The van der Waals surface area contributed by atoms with E-state index in [-0.39, 0.29) is 24.9 Å². The van der Waals surface area contributed by atoms with Crippen molar-refractivity contribution in [2.75, 3.05) is 21.2 Å². The van der Waals surface area contributed by atoms with Crippen LogP contribution in [0.5, 0.6) is 5.75 Å². The second-order valence-corrected chi connectivity index (χ2v) is 9.21. The molecule has 0 bridgehead atoms. The highest BCUT2D eigenvalue weighted by Crippen LogP contribution is 2.42. The summed E-state index contributed by atoms with van der Waals surface area (Å²) < 4.78 is 23.2. The number of carbonyl (C=O) groups is 1. The Balaban J connectivity index is 1.54. The molecule has 6 N–H and O–H groups in total. The number of hydrogen-bond acceptors (Lipinski definition) is 10. The van der Waals surface area contributed by atoms with Gasteiger partial charge in [-0.15, -0.1) is 0 Å². The molecule has 5 unspecified atom stereocenters. The standard InChI is InChI=1S/C23H35N3O8/c1-11-8-14(26-15(27)10-12-6-5-7-13(9-12)31-4)23(30)22(32-11)33-21-19(29)16(24-2)18(28)17(25-3)20(21)34-23/h5-7,9,11,14,16-22,24-25,28-30H,8,10H2,1-4H3,(H,26,27)/t11-,14-,16-,17?,18+,19+,20?,21?,22?,23?/m1/s1. The van der Waals surface area contributed by atoms with E-state index < -0.39 is 54.6 Å². The highest BCUT2D eigenvalue weighted by molar-refractivity contribution is 5.79. The molecule has 11 nitrogen and oxygen atoms in total. The van der Waals surface area contributed by atoms with E-state index in [0.717, 1.165) is 5.56 Å². The Morgan fingerprint density at radius 2 is 1.88 bits per heavy atom. The summed E-state index contributed by atoms with van der Waals surface area (Å²) in [6.07, 6.45) is -5.11. The first-order valence-electron chi connectivity index (χ1n) is 11.6. The average molecular weight is 482 g/mol. The molecular formula is C23H35N3O8. The van der Waals surface area contributed by atoms with Crippen LogP contribution >= 0.6 is 0 Å². The van der Waals surface area contributed by atoms with E-state index in [1.165, 1.54) is 0 Å². The van der Waals surface area contributed by atoms with E-state index in [4.69, 9.17) is 18.9 Å². The van der Waals surface area contributed by atoms with Crippen LogP contribution in [0.3, 0.4) is 0 Å². The first kappa shape index (κ1) is 25.3. The van der Waals surface area contributed by atoms with Gasteiger partial charge in [-0.3, -0.25) is 4.79 Å². The minimum absolute atomic E-state index is 0.0804. The van der Waals surface area contributed by atoms with E-state index in [0.29, 0.717) is 5.75 Å². The van der Waals surface area contributed by atoms with Gasteiger partial charge in [-0.1, -0.05) is 12.1 Å². The third-order valence-corrected chi connectivity index (χ3v) is 6.99. The van der Waals surface area contributed by atoms with E-state index in [1.54, 1.807) is 39.4 Å². The summed E-state index contributed by atoms with van der Waals surface area (Å²) in [4.78, 5) is 12.9. The lowest BCUT2D eigenvalue weighted by Gasteiger charge is -2.58. The molecule has 3 fully saturated rings. The van der Waals surface area contributed by atoms with Crippen LogP contribution in [0.25, 0.3) is 0 Å². The van der Waals surface area contributed by atoms with Crippen molar-refractivity contribution < 1.29 is 39.1 Å². The van der Waals surface area contributed by atoms with Gasteiger partial charge in [-0.05, 0) is 45.1 Å². The van der Waals surface area contributed by atoms with Crippen LogP contribution < -0.4 is 20.7 Å². The maximum absolute atomic E-state index is 12.9. The molecule has 11 heteroatoms. The van der Waals surface area contributed by atoms with E-state index in [9.17, 15) is 20.1 Å². The molecule has 0 aromatic heterocycles. The van der Waals surface area contributed by atoms with Gasteiger partial charge in [0, 0.05) is 0 Å². The maximum Gasteiger partial charge on any atom is 0.239 e. The van der Waals surface area contributed by atoms with Gasteiger partial charge in [-0.25, -0.2) is 0 Å². The second kappa shape index (κ2) is 10.0. The number of aliphatic hydroxyl groups is 3. The minimum Gasteiger partial charge on any atom is -0.497 e. The van der Waals surface area contributed by atoms with Gasteiger partial charge in [0.05, 0.1) is 43.9 Å². The Kier molecular flexibility index (Phi) is 7.46. The predicted molar refractivity (Wildman–Crippen MR) is 120 cm³/mol. The summed E-state index contributed by atoms with van der Waals surface area (Å²) in [6.45, 7) is 1.81. The second-order valence-electron chi connectivity index (χ2n) is 9.21. The largest absolute Gasteiger partial charge is 0.497 e. The molecule has 1 aromatic rings. The van der Waals surface area contributed by atoms with Gasteiger partial charge in [0.15, 0.2) is 0 Å². The molecule has 4 rings (SSSR count). The van der Waals surface area contributed by atoms with Gasteiger partial charge in [0.2, 0.25) is 18.0 Å². The van der Waals surface area contributed by atoms with Crippen molar-refractivity contribution in [3.8, 4) is 5.75 Å². The fourth-order valence-corrected chi connectivity index (χ4v) is 5.23. The maximum atomic E-state index is 12.9. The van der Waals surface area contributed by atoms with Crippen molar-refractivity contribution in [3.63, 3.8) is 0 Å². The summed E-state index contributed by atoms with van der Waals surface area (Å²) in [5.41, 5.74) is 0.758. The van der Waals surface area contributed by atoms with E-state index >= 15 is 0 Å². The number of carbonyl (C=O) groups excluding carboxylic acids is 1. The topological polar surface area (TPSA) is 151 Å². The van der Waals surface area contributed by atoms with Crippen LogP contribution in [0.4, 0.5) is 0 Å². The Hall–Kier alpha value is -1.83. The van der Waals surface area contributed by atoms with E-state index in [2.05, 4.69) is 16.0 Å². The summed E-state index contributed by atoms with van der Waals surface area (Å²) in [7, 11) is 4.85. The molecular weight excluding hydrogens is 446 g/mol. The lowest BCUT2D eigenvalue weighted by atomic mass is 9.79. The lowest BCUT2D eigenvalue weighted by molar-refractivity contribution is -0.449. The van der Waals surface area contributed by atoms with Crippen LogP contribution in [0.1, 0.15) is 18.9 Å². The molecule has 1 amide bonds. The molecule has 1 aliphatic carbocycles. The fourth-order valence-electron chi connectivity index (χ4n) is 5.23. The number of hydrogen-bond donors (Lipinski definition) is 6. The molecule has 1 saturated carbocycles. The van der Waals surface area contributed by atoms with Crippen LogP contribution in [-0.4, -0.2) is 103 Å². The fraction of sp³-hybridized carbons (Fsp3) is 0.696. The number of aliphatic hydroxyl groups excluding tert-OH is 2. The number of benzene rings is 1.